The van der Waals surface area contributed by atoms with E-state index in [1.165, 1.54) is 0 Å². The maximum absolute atomic E-state index is 11.4. The lowest BCUT2D eigenvalue weighted by Gasteiger charge is -2.14. The van der Waals surface area contributed by atoms with Gasteiger partial charge < -0.3 is 16.2 Å². The van der Waals surface area contributed by atoms with E-state index in [9.17, 15) is 4.79 Å². The molecule has 4 heteroatoms. The van der Waals surface area contributed by atoms with Crippen LogP contribution in [0.4, 0.5) is 0 Å². The predicted octanol–water partition coefficient (Wildman–Crippen LogP) is 0.794. The zero-order chi connectivity index (χ0) is 12.0. The fourth-order valence-corrected chi connectivity index (χ4v) is 1.18. The van der Waals surface area contributed by atoms with Crippen LogP contribution in [0.2, 0.25) is 0 Å². The van der Waals surface area contributed by atoms with E-state index in [0.29, 0.717) is 0 Å². The molecule has 0 amide bonds. The Balaban J connectivity index is 2.31. The average molecular weight is 222 g/mol. The number of carbonyl (C=O) groups excluding carboxylic acids is 1. The molecule has 2 unspecified atom stereocenters. The van der Waals surface area contributed by atoms with Crippen molar-refractivity contribution in [3.8, 4) is 0 Å². The molecule has 0 aromatic heterocycles. The molecule has 2 atom stereocenters. The first-order valence-electron chi connectivity index (χ1n) is 5.30. The Morgan fingerprint density at radius 3 is 2.50 bits per heavy atom. The maximum Gasteiger partial charge on any atom is 0.307 e. The number of benzene rings is 1. The molecule has 1 rings (SSSR count). The molecule has 16 heavy (non-hydrogen) atoms. The molecule has 1 aromatic rings. The van der Waals surface area contributed by atoms with Crippen molar-refractivity contribution in [2.45, 2.75) is 32.0 Å². The summed E-state index contributed by atoms with van der Waals surface area (Å²) in [6.45, 7) is 2.06. The predicted molar refractivity (Wildman–Crippen MR) is 62.5 cm³/mol. The molecule has 0 aliphatic rings. The van der Waals surface area contributed by atoms with Crippen molar-refractivity contribution in [2.75, 3.05) is 0 Å². The van der Waals surface area contributed by atoms with Gasteiger partial charge in [-0.15, -0.1) is 0 Å². The van der Waals surface area contributed by atoms with Crippen LogP contribution in [0.15, 0.2) is 30.3 Å². The second-order valence-corrected chi connectivity index (χ2v) is 3.87. The fraction of sp³-hybridized carbons (Fsp3) is 0.417. The van der Waals surface area contributed by atoms with Crippen LogP contribution in [0.5, 0.6) is 0 Å². The molecule has 4 N–H and O–H groups in total. The molecule has 0 heterocycles. The minimum absolute atomic E-state index is 0.157. The minimum Gasteiger partial charge on any atom is -0.461 e. The Morgan fingerprint density at radius 1 is 1.31 bits per heavy atom. The molecule has 0 saturated heterocycles. The molecule has 0 aliphatic heterocycles. The topological polar surface area (TPSA) is 78.3 Å². The van der Waals surface area contributed by atoms with E-state index in [1.54, 1.807) is 6.92 Å². The van der Waals surface area contributed by atoms with Gasteiger partial charge in [-0.1, -0.05) is 30.3 Å². The van der Waals surface area contributed by atoms with Gasteiger partial charge in [-0.05, 0) is 12.5 Å². The van der Waals surface area contributed by atoms with Gasteiger partial charge in [0.1, 0.15) is 6.61 Å². The summed E-state index contributed by atoms with van der Waals surface area (Å²) in [5.74, 6) is -0.311. The SMILES string of the molecule is CC(N)C(N)CC(=O)OCc1ccccc1. The molecular weight excluding hydrogens is 204 g/mol. The van der Waals surface area contributed by atoms with E-state index in [-0.39, 0.29) is 31.1 Å². The third-order valence-corrected chi connectivity index (χ3v) is 2.32. The summed E-state index contributed by atoms with van der Waals surface area (Å²) in [4.78, 5) is 11.4. The van der Waals surface area contributed by atoms with E-state index >= 15 is 0 Å². The highest BCUT2D eigenvalue weighted by atomic mass is 16.5. The standard InChI is InChI=1S/C12H18N2O2/c1-9(13)11(14)7-12(15)16-8-10-5-3-2-4-6-10/h2-6,9,11H,7-8,13-14H2,1H3. The first-order valence-corrected chi connectivity index (χ1v) is 5.30. The lowest BCUT2D eigenvalue weighted by molar-refractivity contribution is -0.145. The molecule has 1 aromatic carbocycles. The van der Waals surface area contributed by atoms with Gasteiger partial charge in [0.15, 0.2) is 0 Å². The summed E-state index contributed by atoms with van der Waals surface area (Å²) < 4.78 is 5.07. The minimum atomic E-state index is -0.344. The van der Waals surface area contributed by atoms with Gasteiger partial charge >= 0.3 is 5.97 Å². The van der Waals surface area contributed by atoms with Gasteiger partial charge in [-0.25, -0.2) is 0 Å². The van der Waals surface area contributed by atoms with Crippen LogP contribution in [0, 0.1) is 0 Å². The molecular formula is C12H18N2O2. The highest BCUT2D eigenvalue weighted by Crippen LogP contribution is 2.03. The lowest BCUT2D eigenvalue weighted by Crippen LogP contribution is -2.40. The zero-order valence-electron chi connectivity index (χ0n) is 9.43. The summed E-state index contributed by atoms with van der Waals surface area (Å²) in [5.41, 5.74) is 12.2. The second-order valence-electron chi connectivity index (χ2n) is 3.87. The monoisotopic (exact) mass is 222 g/mol. The Morgan fingerprint density at radius 2 is 1.94 bits per heavy atom. The summed E-state index contributed by atoms with van der Waals surface area (Å²) in [5, 5.41) is 0. The van der Waals surface area contributed by atoms with Crippen molar-refractivity contribution in [2.24, 2.45) is 11.5 Å². The van der Waals surface area contributed by atoms with Gasteiger partial charge in [-0.2, -0.15) is 0 Å². The van der Waals surface area contributed by atoms with Crippen LogP contribution in [-0.4, -0.2) is 18.1 Å². The molecule has 88 valence electrons. The number of hydrogen-bond donors (Lipinski definition) is 2. The first kappa shape index (κ1) is 12.7. The molecule has 4 nitrogen and oxygen atoms in total. The van der Waals surface area contributed by atoms with Crippen molar-refractivity contribution < 1.29 is 9.53 Å². The van der Waals surface area contributed by atoms with E-state index in [2.05, 4.69) is 0 Å². The van der Waals surface area contributed by atoms with E-state index in [0.717, 1.165) is 5.56 Å². The van der Waals surface area contributed by atoms with E-state index in [4.69, 9.17) is 16.2 Å². The van der Waals surface area contributed by atoms with Crippen LogP contribution in [0.3, 0.4) is 0 Å². The fourth-order valence-electron chi connectivity index (χ4n) is 1.18. The van der Waals surface area contributed by atoms with Crippen molar-refractivity contribution in [1.29, 1.82) is 0 Å². The molecule has 0 spiro atoms. The molecule has 0 saturated carbocycles. The van der Waals surface area contributed by atoms with Crippen molar-refractivity contribution in [3.63, 3.8) is 0 Å². The number of nitrogens with two attached hydrogens (primary N) is 2. The van der Waals surface area contributed by atoms with Crippen LogP contribution in [0.25, 0.3) is 0 Å². The number of hydrogen-bond acceptors (Lipinski definition) is 4. The van der Waals surface area contributed by atoms with Crippen LogP contribution < -0.4 is 11.5 Å². The number of rotatable bonds is 5. The van der Waals surface area contributed by atoms with E-state index < -0.39 is 0 Å². The Labute approximate surface area is 95.6 Å². The van der Waals surface area contributed by atoms with Gasteiger partial charge in [0.2, 0.25) is 0 Å². The molecule has 0 aliphatic carbocycles. The largest absolute Gasteiger partial charge is 0.461 e. The number of carbonyl (C=O) groups is 1. The first-order chi connectivity index (χ1) is 7.59. The molecule has 0 fully saturated rings. The number of esters is 1. The van der Waals surface area contributed by atoms with Crippen molar-refractivity contribution in [1.82, 2.24) is 0 Å². The molecule has 0 bridgehead atoms. The summed E-state index contributed by atoms with van der Waals surface area (Å²) >= 11 is 0. The summed E-state index contributed by atoms with van der Waals surface area (Å²) in [6, 6.07) is 8.97. The van der Waals surface area contributed by atoms with Gasteiger partial charge in [0.05, 0.1) is 6.42 Å². The number of ether oxygens (including phenoxy) is 1. The average Bonchev–Trinajstić information content (AvgIpc) is 2.27. The van der Waals surface area contributed by atoms with Gasteiger partial charge in [0.25, 0.3) is 0 Å². The summed E-state index contributed by atoms with van der Waals surface area (Å²) in [6.07, 6.45) is 0.157. The van der Waals surface area contributed by atoms with Gasteiger partial charge in [0, 0.05) is 12.1 Å². The lowest BCUT2D eigenvalue weighted by atomic mass is 10.1. The van der Waals surface area contributed by atoms with Crippen LogP contribution >= 0.6 is 0 Å². The normalized spacial score (nSPS) is 14.2. The Hall–Kier alpha value is -1.39. The Bertz CT molecular complexity index is 325. The Kier molecular flexibility index (Phi) is 4.95. The van der Waals surface area contributed by atoms with Crippen molar-refractivity contribution in [3.05, 3.63) is 35.9 Å². The highest BCUT2D eigenvalue weighted by Gasteiger charge is 2.14. The maximum atomic E-state index is 11.4. The zero-order valence-corrected chi connectivity index (χ0v) is 9.43. The van der Waals surface area contributed by atoms with Gasteiger partial charge in [-0.3, -0.25) is 4.79 Å². The van der Waals surface area contributed by atoms with Crippen LogP contribution in [-0.2, 0) is 16.1 Å². The third kappa shape index (κ3) is 4.42. The van der Waals surface area contributed by atoms with Crippen LogP contribution in [0.1, 0.15) is 18.9 Å². The third-order valence-electron chi connectivity index (χ3n) is 2.32. The van der Waals surface area contributed by atoms with E-state index in [1.807, 2.05) is 30.3 Å². The smallest absolute Gasteiger partial charge is 0.307 e. The summed E-state index contributed by atoms with van der Waals surface area (Å²) in [7, 11) is 0. The van der Waals surface area contributed by atoms with Crippen molar-refractivity contribution >= 4 is 5.97 Å². The second kappa shape index (κ2) is 6.25. The molecule has 0 radical (unpaired) electrons. The highest BCUT2D eigenvalue weighted by molar-refractivity contribution is 5.70. The quantitative estimate of drug-likeness (QED) is 0.722.